The molecule has 0 aliphatic heterocycles. The lowest BCUT2D eigenvalue weighted by molar-refractivity contribution is 0.0686. The van der Waals surface area contributed by atoms with Crippen LogP contribution in [-0.2, 0) is 10.0 Å². The van der Waals surface area contributed by atoms with Gasteiger partial charge in [0, 0.05) is 13.1 Å². The van der Waals surface area contributed by atoms with E-state index in [4.69, 9.17) is 5.11 Å². The van der Waals surface area contributed by atoms with E-state index in [0.29, 0.717) is 19.0 Å². The molecule has 1 heterocycles. The molecule has 0 aromatic carbocycles. The first-order valence-electron chi connectivity index (χ1n) is 6.66. The normalized spacial score (nSPS) is 16.4. The van der Waals surface area contributed by atoms with Gasteiger partial charge in [0.05, 0.1) is 5.69 Å². The van der Waals surface area contributed by atoms with E-state index in [9.17, 15) is 13.2 Å². The van der Waals surface area contributed by atoms with Crippen LogP contribution in [0.25, 0.3) is 0 Å². The highest BCUT2D eigenvalue weighted by atomic mass is 32.2. The van der Waals surface area contributed by atoms with E-state index < -0.39 is 21.7 Å². The predicted octanol–water partition coefficient (Wildman–Crippen LogP) is 1.23. The van der Waals surface area contributed by atoms with Gasteiger partial charge in [0.2, 0.25) is 10.0 Å². The standard InChI is InChI=1S/C12H19N3O4S/c1-3-15(7-9-5-4-6-9)20(18,19)11-8(2)13-14-10(11)12(16)17/h9H,3-7H2,1-2H3,(H,13,14)(H,16,17). The highest BCUT2D eigenvalue weighted by Gasteiger charge is 2.34. The molecule has 0 unspecified atom stereocenters. The summed E-state index contributed by atoms with van der Waals surface area (Å²) in [7, 11) is -3.83. The molecule has 0 spiro atoms. The van der Waals surface area contributed by atoms with Crippen LogP contribution >= 0.6 is 0 Å². The van der Waals surface area contributed by atoms with Crippen LogP contribution in [0.4, 0.5) is 0 Å². The van der Waals surface area contributed by atoms with Crippen molar-refractivity contribution < 1.29 is 18.3 Å². The van der Waals surface area contributed by atoms with Crippen LogP contribution in [0.1, 0.15) is 42.4 Å². The summed E-state index contributed by atoms with van der Waals surface area (Å²) in [6.07, 6.45) is 3.19. The van der Waals surface area contributed by atoms with Crippen molar-refractivity contribution in [1.82, 2.24) is 14.5 Å². The highest BCUT2D eigenvalue weighted by Crippen LogP contribution is 2.30. The summed E-state index contributed by atoms with van der Waals surface area (Å²) in [4.78, 5) is 10.9. The molecular formula is C12H19N3O4S. The van der Waals surface area contributed by atoms with Crippen molar-refractivity contribution in [2.24, 2.45) is 5.92 Å². The Morgan fingerprint density at radius 2 is 2.15 bits per heavy atom. The molecule has 0 radical (unpaired) electrons. The molecule has 1 aromatic heterocycles. The number of nitrogens with zero attached hydrogens (tertiary/aromatic N) is 2. The lowest BCUT2D eigenvalue weighted by Crippen LogP contribution is -2.38. The van der Waals surface area contributed by atoms with Gasteiger partial charge in [-0.1, -0.05) is 13.3 Å². The molecule has 112 valence electrons. The Labute approximate surface area is 118 Å². The summed E-state index contributed by atoms with van der Waals surface area (Å²) in [5.74, 6) is -0.960. The molecule has 2 rings (SSSR count). The van der Waals surface area contributed by atoms with Crippen LogP contribution in [0.5, 0.6) is 0 Å². The molecule has 1 saturated carbocycles. The molecule has 1 aromatic rings. The third kappa shape index (κ3) is 2.57. The van der Waals surface area contributed by atoms with Crippen LogP contribution < -0.4 is 0 Å². The maximum Gasteiger partial charge on any atom is 0.357 e. The van der Waals surface area contributed by atoms with Crippen molar-refractivity contribution in [3.05, 3.63) is 11.4 Å². The predicted molar refractivity (Wildman–Crippen MR) is 72.1 cm³/mol. The fraction of sp³-hybridized carbons (Fsp3) is 0.667. The monoisotopic (exact) mass is 301 g/mol. The Hall–Kier alpha value is -1.41. The number of carbonyl (C=O) groups is 1. The molecule has 1 fully saturated rings. The Bertz CT molecular complexity index is 604. The number of sulfonamides is 1. The Morgan fingerprint density at radius 1 is 1.50 bits per heavy atom. The smallest absolute Gasteiger partial charge is 0.357 e. The van der Waals surface area contributed by atoms with Crippen molar-refractivity contribution in [2.45, 2.75) is 38.0 Å². The Balaban J connectivity index is 2.37. The third-order valence-electron chi connectivity index (χ3n) is 3.73. The second-order valence-corrected chi connectivity index (χ2v) is 6.96. The molecule has 0 atom stereocenters. The van der Waals surface area contributed by atoms with E-state index in [2.05, 4.69) is 10.2 Å². The second kappa shape index (κ2) is 5.53. The van der Waals surface area contributed by atoms with Gasteiger partial charge in [-0.05, 0) is 25.7 Å². The van der Waals surface area contributed by atoms with E-state index in [1.54, 1.807) is 6.92 Å². The summed E-state index contributed by atoms with van der Waals surface area (Å²) in [5.41, 5.74) is -0.177. The minimum absolute atomic E-state index is 0.217. The maximum atomic E-state index is 12.6. The molecule has 1 aliphatic rings. The molecule has 8 heteroatoms. The summed E-state index contributed by atoms with van der Waals surface area (Å²) in [5, 5.41) is 15.1. The van der Waals surface area contributed by atoms with Gasteiger partial charge in [0.25, 0.3) is 0 Å². The van der Waals surface area contributed by atoms with E-state index in [1.165, 1.54) is 11.2 Å². The summed E-state index contributed by atoms with van der Waals surface area (Å²) in [6.45, 7) is 4.04. The topological polar surface area (TPSA) is 103 Å². The van der Waals surface area contributed by atoms with Gasteiger partial charge in [0.1, 0.15) is 4.90 Å². The first kappa shape index (κ1) is 15.0. The second-order valence-electron chi connectivity index (χ2n) is 5.08. The first-order valence-corrected chi connectivity index (χ1v) is 8.10. The number of hydrogen-bond donors (Lipinski definition) is 2. The number of H-pyrrole nitrogens is 1. The van der Waals surface area contributed by atoms with Crippen LogP contribution in [0.15, 0.2) is 4.90 Å². The fourth-order valence-corrected chi connectivity index (χ4v) is 4.18. The number of nitrogens with one attached hydrogen (secondary N) is 1. The van der Waals surface area contributed by atoms with E-state index in [-0.39, 0.29) is 10.6 Å². The van der Waals surface area contributed by atoms with Gasteiger partial charge in [-0.2, -0.15) is 9.40 Å². The van der Waals surface area contributed by atoms with Crippen molar-refractivity contribution >= 4 is 16.0 Å². The quantitative estimate of drug-likeness (QED) is 0.822. The average Bonchev–Trinajstić information content (AvgIpc) is 2.70. The van der Waals surface area contributed by atoms with Crippen LogP contribution in [0.3, 0.4) is 0 Å². The number of aromatic amines is 1. The minimum Gasteiger partial charge on any atom is -0.476 e. The van der Waals surface area contributed by atoms with Crippen molar-refractivity contribution in [3.8, 4) is 0 Å². The van der Waals surface area contributed by atoms with Gasteiger partial charge in [-0.25, -0.2) is 13.2 Å². The van der Waals surface area contributed by atoms with Crippen molar-refractivity contribution in [2.75, 3.05) is 13.1 Å². The van der Waals surface area contributed by atoms with E-state index >= 15 is 0 Å². The van der Waals surface area contributed by atoms with Crippen LogP contribution in [0.2, 0.25) is 0 Å². The molecule has 2 N–H and O–H groups in total. The summed E-state index contributed by atoms with van der Waals surface area (Å²) in [6, 6.07) is 0. The SMILES string of the molecule is CCN(CC1CCC1)S(=O)(=O)c1c(C(=O)O)n[nH]c1C. The van der Waals surface area contributed by atoms with Gasteiger partial charge < -0.3 is 5.11 Å². The molecule has 1 aliphatic carbocycles. The minimum atomic E-state index is -3.83. The summed E-state index contributed by atoms with van der Waals surface area (Å²) >= 11 is 0. The van der Waals surface area contributed by atoms with Gasteiger partial charge in [-0.15, -0.1) is 0 Å². The number of carboxylic acid groups (broad SMARTS) is 1. The Kier molecular flexibility index (Phi) is 4.14. The highest BCUT2D eigenvalue weighted by molar-refractivity contribution is 7.89. The number of carboxylic acids is 1. The molecule has 0 bridgehead atoms. The average molecular weight is 301 g/mol. The fourth-order valence-electron chi connectivity index (χ4n) is 2.37. The van der Waals surface area contributed by atoms with Gasteiger partial charge >= 0.3 is 5.97 Å². The molecule has 0 saturated heterocycles. The van der Waals surface area contributed by atoms with E-state index in [0.717, 1.165) is 19.3 Å². The number of hydrogen-bond acceptors (Lipinski definition) is 4. The third-order valence-corrected chi connectivity index (χ3v) is 5.83. The van der Waals surface area contributed by atoms with Crippen molar-refractivity contribution in [3.63, 3.8) is 0 Å². The molecule has 7 nitrogen and oxygen atoms in total. The number of aromatic carboxylic acids is 1. The Morgan fingerprint density at radius 3 is 2.60 bits per heavy atom. The van der Waals surface area contributed by atoms with Crippen molar-refractivity contribution in [1.29, 1.82) is 0 Å². The molecule has 0 amide bonds. The number of rotatable bonds is 6. The number of aromatic nitrogens is 2. The summed E-state index contributed by atoms with van der Waals surface area (Å²) < 4.78 is 26.6. The lowest BCUT2D eigenvalue weighted by Gasteiger charge is -2.31. The molecular weight excluding hydrogens is 282 g/mol. The zero-order valence-electron chi connectivity index (χ0n) is 11.6. The van der Waals surface area contributed by atoms with Crippen LogP contribution in [0, 0.1) is 12.8 Å². The first-order chi connectivity index (χ1) is 9.37. The zero-order chi connectivity index (χ0) is 14.9. The van der Waals surface area contributed by atoms with Gasteiger partial charge in [-0.3, -0.25) is 5.10 Å². The largest absolute Gasteiger partial charge is 0.476 e. The van der Waals surface area contributed by atoms with Crippen LogP contribution in [-0.4, -0.2) is 47.1 Å². The molecule has 20 heavy (non-hydrogen) atoms. The maximum absolute atomic E-state index is 12.6. The number of aryl methyl sites for hydroxylation is 1. The zero-order valence-corrected chi connectivity index (χ0v) is 12.4. The van der Waals surface area contributed by atoms with Gasteiger partial charge in [0.15, 0.2) is 5.69 Å². The van der Waals surface area contributed by atoms with E-state index in [1.807, 2.05) is 0 Å². The lowest BCUT2D eigenvalue weighted by atomic mass is 9.85.